The molecular weight excluding hydrogens is 260 g/mol. The van der Waals surface area contributed by atoms with Gasteiger partial charge in [-0.15, -0.1) is 11.8 Å². The number of nitrogens with zero attached hydrogens (tertiary/aromatic N) is 1. The molecule has 0 radical (unpaired) electrons. The van der Waals surface area contributed by atoms with Crippen molar-refractivity contribution in [3.63, 3.8) is 0 Å². The fourth-order valence-electron chi connectivity index (χ4n) is 2.45. The highest BCUT2D eigenvalue weighted by Crippen LogP contribution is 2.39. The molecule has 2 atom stereocenters. The summed E-state index contributed by atoms with van der Waals surface area (Å²) in [4.78, 5) is 26.5. The van der Waals surface area contributed by atoms with Crippen LogP contribution in [0.25, 0.3) is 0 Å². The van der Waals surface area contributed by atoms with Crippen LogP contribution in [0.3, 0.4) is 0 Å². The van der Waals surface area contributed by atoms with Gasteiger partial charge in [0.25, 0.3) is 0 Å². The summed E-state index contributed by atoms with van der Waals surface area (Å²) in [5, 5.41) is 3.14. The lowest BCUT2D eigenvalue weighted by Crippen LogP contribution is -2.51. The number of nitrogens with one attached hydrogen (secondary N) is 1. The third kappa shape index (κ3) is 3.44. The molecule has 108 valence electrons. The van der Waals surface area contributed by atoms with Crippen LogP contribution in [0, 0.1) is 5.92 Å². The van der Waals surface area contributed by atoms with Gasteiger partial charge in [0, 0.05) is 17.7 Å². The van der Waals surface area contributed by atoms with Crippen LogP contribution >= 0.6 is 11.8 Å². The van der Waals surface area contributed by atoms with Crippen LogP contribution in [-0.4, -0.2) is 39.9 Å². The molecular formula is C14H24N2O2S. The molecule has 1 aliphatic heterocycles. The number of rotatable bonds is 5. The Balaban J connectivity index is 2.08. The molecule has 0 bridgehead atoms. The molecule has 0 aromatic carbocycles. The monoisotopic (exact) mass is 284 g/mol. The van der Waals surface area contributed by atoms with E-state index in [0.29, 0.717) is 0 Å². The Labute approximate surface area is 119 Å². The van der Waals surface area contributed by atoms with E-state index in [-0.39, 0.29) is 35.2 Å². The first-order valence-corrected chi connectivity index (χ1v) is 8.33. The Bertz CT molecular complexity index is 355. The van der Waals surface area contributed by atoms with Crippen LogP contribution in [0.2, 0.25) is 0 Å². The van der Waals surface area contributed by atoms with Gasteiger partial charge < -0.3 is 10.2 Å². The second kappa shape index (κ2) is 6.16. The van der Waals surface area contributed by atoms with Gasteiger partial charge in [0.15, 0.2) is 0 Å². The molecule has 1 N–H and O–H groups in total. The Kier molecular flexibility index (Phi) is 4.76. The van der Waals surface area contributed by atoms with Gasteiger partial charge in [-0.25, -0.2) is 0 Å². The first kappa shape index (κ1) is 14.7. The van der Waals surface area contributed by atoms with Crippen LogP contribution in [0.15, 0.2) is 0 Å². The van der Waals surface area contributed by atoms with E-state index in [1.165, 1.54) is 0 Å². The first-order valence-electron chi connectivity index (χ1n) is 7.28. The summed E-state index contributed by atoms with van der Waals surface area (Å²) in [6.07, 6.45) is 4.02. The molecule has 0 spiro atoms. The zero-order valence-corrected chi connectivity index (χ0v) is 12.8. The molecule has 1 saturated carbocycles. The molecule has 2 amide bonds. The summed E-state index contributed by atoms with van der Waals surface area (Å²) in [5.41, 5.74) is 0. The topological polar surface area (TPSA) is 49.4 Å². The van der Waals surface area contributed by atoms with Gasteiger partial charge in [0.05, 0.1) is 5.37 Å². The quantitative estimate of drug-likeness (QED) is 0.840. The molecule has 5 heteroatoms. The zero-order valence-electron chi connectivity index (χ0n) is 12.0. The highest BCUT2D eigenvalue weighted by molar-refractivity contribution is 8.00. The zero-order chi connectivity index (χ0) is 14.0. The predicted octanol–water partition coefficient (Wildman–Crippen LogP) is 1.99. The molecule has 0 aromatic heterocycles. The Morgan fingerprint density at radius 3 is 2.58 bits per heavy atom. The molecule has 1 heterocycles. The molecule has 4 nitrogen and oxygen atoms in total. The average Bonchev–Trinajstić information content (AvgIpc) is 3.09. The number of amides is 2. The van der Waals surface area contributed by atoms with Crippen LogP contribution < -0.4 is 5.32 Å². The van der Waals surface area contributed by atoms with E-state index in [9.17, 15) is 9.59 Å². The van der Waals surface area contributed by atoms with Gasteiger partial charge in [0.2, 0.25) is 11.8 Å². The van der Waals surface area contributed by atoms with Gasteiger partial charge >= 0.3 is 0 Å². The molecule has 2 rings (SSSR count). The first-order chi connectivity index (χ1) is 9.04. The van der Waals surface area contributed by atoms with E-state index < -0.39 is 0 Å². The van der Waals surface area contributed by atoms with Gasteiger partial charge in [0.1, 0.15) is 6.04 Å². The van der Waals surface area contributed by atoms with Crippen molar-refractivity contribution >= 4 is 23.6 Å². The highest BCUT2D eigenvalue weighted by atomic mass is 32.2. The van der Waals surface area contributed by atoms with Crippen molar-refractivity contribution in [1.82, 2.24) is 10.2 Å². The third-order valence-electron chi connectivity index (χ3n) is 3.54. The van der Waals surface area contributed by atoms with Crippen molar-refractivity contribution in [1.29, 1.82) is 0 Å². The van der Waals surface area contributed by atoms with Gasteiger partial charge in [-0.2, -0.15) is 0 Å². The molecule has 2 unspecified atom stereocenters. The third-order valence-corrected chi connectivity index (χ3v) is 4.90. The van der Waals surface area contributed by atoms with Crippen molar-refractivity contribution in [2.24, 2.45) is 5.92 Å². The number of hydrogen-bond acceptors (Lipinski definition) is 3. The number of hydrogen-bond donors (Lipinski definition) is 1. The summed E-state index contributed by atoms with van der Waals surface area (Å²) in [6, 6.07) is -0.141. The minimum Gasteiger partial charge on any atom is -0.352 e. The van der Waals surface area contributed by atoms with E-state index in [1.54, 1.807) is 11.8 Å². The lowest BCUT2D eigenvalue weighted by atomic mass is 10.2. The van der Waals surface area contributed by atoms with E-state index in [4.69, 9.17) is 0 Å². The van der Waals surface area contributed by atoms with E-state index in [0.717, 1.165) is 31.4 Å². The van der Waals surface area contributed by atoms with Crippen molar-refractivity contribution in [3.05, 3.63) is 0 Å². The maximum absolute atomic E-state index is 12.4. The second-order valence-corrected chi connectivity index (χ2v) is 6.99. The van der Waals surface area contributed by atoms with Crippen molar-refractivity contribution in [3.8, 4) is 0 Å². The summed E-state index contributed by atoms with van der Waals surface area (Å²) in [5.74, 6) is 1.14. The van der Waals surface area contributed by atoms with Crippen LogP contribution in [0.4, 0.5) is 0 Å². The smallest absolute Gasteiger partial charge is 0.243 e. The summed E-state index contributed by atoms with van der Waals surface area (Å²) >= 11 is 1.76. The predicted molar refractivity (Wildman–Crippen MR) is 77.8 cm³/mol. The van der Waals surface area contributed by atoms with Crippen molar-refractivity contribution in [2.45, 2.75) is 63.9 Å². The SMILES string of the molecule is CCCC1SCC(C(=O)NC(C)C)N1C(=O)C1CC1. The highest BCUT2D eigenvalue weighted by Gasteiger charge is 2.45. The lowest BCUT2D eigenvalue weighted by molar-refractivity contribution is -0.141. The molecule has 0 aromatic rings. The second-order valence-electron chi connectivity index (χ2n) is 5.78. The lowest BCUT2D eigenvalue weighted by Gasteiger charge is -2.29. The minimum absolute atomic E-state index is 0.00935. The van der Waals surface area contributed by atoms with Crippen LogP contribution in [0.1, 0.15) is 46.5 Å². The molecule has 2 aliphatic rings. The number of carbonyl (C=O) groups is 2. The fraction of sp³-hybridized carbons (Fsp3) is 0.857. The minimum atomic E-state index is -0.267. The fourth-order valence-corrected chi connectivity index (χ4v) is 3.98. The largest absolute Gasteiger partial charge is 0.352 e. The van der Waals surface area contributed by atoms with E-state index >= 15 is 0 Å². The van der Waals surface area contributed by atoms with Crippen LogP contribution in [0.5, 0.6) is 0 Å². The standard InChI is InChI=1S/C14H24N2O2S/c1-4-5-12-16(14(18)10-6-7-10)11(8-19-12)13(17)15-9(2)3/h9-12H,4-8H2,1-3H3,(H,15,17). The van der Waals surface area contributed by atoms with Crippen LogP contribution in [-0.2, 0) is 9.59 Å². The summed E-state index contributed by atoms with van der Waals surface area (Å²) < 4.78 is 0. The summed E-state index contributed by atoms with van der Waals surface area (Å²) in [7, 11) is 0. The molecule has 1 aliphatic carbocycles. The maximum atomic E-state index is 12.4. The number of carbonyl (C=O) groups excluding carboxylic acids is 2. The number of thioether (sulfide) groups is 1. The van der Waals surface area contributed by atoms with Gasteiger partial charge in [-0.3, -0.25) is 9.59 Å². The van der Waals surface area contributed by atoms with E-state index in [2.05, 4.69) is 12.2 Å². The van der Waals surface area contributed by atoms with Crippen molar-refractivity contribution in [2.75, 3.05) is 5.75 Å². The average molecular weight is 284 g/mol. The Hall–Kier alpha value is -0.710. The Morgan fingerprint density at radius 1 is 1.37 bits per heavy atom. The summed E-state index contributed by atoms with van der Waals surface area (Å²) in [6.45, 7) is 6.04. The molecule has 1 saturated heterocycles. The maximum Gasteiger partial charge on any atom is 0.243 e. The molecule has 19 heavy (non-hydrogen) atoms. The van der Waals surface area contributed by atoms with Gasteiger partial charge in [-0.05, 0) is 33.1 Å². The molecule has 2 fully saturated rings. The van der Waals surface area contributed by atoms with Gasteiger partial charge in [-0.1, -0.05) is 13.3 Å². The normalized spacial score (nSPS) is 26.8. The Morgan fingerprint density at radius 2 is 2.05 bits per heavy atom. The van der Waals surface area contributed by atoms with E-state index in [1.807, 2.05) is 18.7 Å². The van der Waals surface area contributed by atoms with Crippen molar-refractivity contribution < 1.29 is 9.59 Å².